The number of ether oxygens (including phenoxy) is 1. The summed E-state index contributed by atoms with van der Waals surface area (Å²) in [5, 5.41) is 26.3. The normalized spacial score (nSPS) is 20.8. The number of rotatable bonds is 4. The van der Waals surface area contributed by atoms with Crippen LogP contribution in [-0.4, -0.2) is 45.5 Å². The molecule has 32 heavy (non-hydrogen) atoms. The predicted molar refractivity (Wildman–Crippen MR) is 121 cm³/mol. The highest BCUT2D eigenvalue weighted by atomic mass is 16.5. The number of amides is 1. The van der Waals surface area contributed by atoms with Crippen molar-refractivity contribution in [1.29, 1.82) is 0 Å². The number of carbonyl (C=O) groups excluding carboxylic acids is 1. The smallest absolute Gasteiger partial charge is 0.408 e. The van der Waals surface area contributed by atoms with E-state index in [9.17, 15) is 19.9 Å². The minimum atomic E-state index is -1.59. The van der Waals surface area contributed by atoms with E-state index in [1.54, 1.807) is 27.7 Å². The van der Waals surface area contributed by atoms with E-state index < -0.39 is 28.7 Å². The summed E-state index contributed by atoms with van der Waals surface area (Å²) < 4.78 is 5.58. The number of hydrogen-bond acceptors (Lipinski definition) is 5. The van der Waals surface area contributed by atoms with Gasteiger partial charge in [0, 0.05) is 17.0 Å². The number of fused-ring (bicyclic) bond motifs is 3. The Balaban J connectivity index is 1.53. The first kappa shape index (κ1) is 22.3. The Labute approximate surface area is 188 Å². The van der Waals surface area contributed by atoms with E-state index in [4.69, 9.17) is 4.74 Å². The number of carbonyl (C=O) groups is 2. The Kier molecular flexibility index (Phi) is 5.30. The van der Waals surface area contributed by atoms with E-state index in [-0.39, 0.29) is 25.4 Å². The number of hydroxylamine groups is 2. The molecule has 0 spiro atoms. The Morgan fingerprint density at radius 3 is 1.94 bits per heavy atom. The first-order valence-corrected chi connectivity index (χ1v) is 10.8. The van der Waals surface area contributed by atoms with E-state index in [2.05, 4.69) is 17.4 Å². The van der Waals surface area contributed by atoms with Crippen LogP contribution in [0.5, 0.6) is 0 Å². The molecule has 7 nitrogen and oxygen atoms in total. The number of hydrogen-bond donors (Lipinski definition) is 2. The van der Waals surface area contributed by atoms with Gasteiger partial charge in [-0.1, -0.05) is 48.5 Å². The zero-order valence-electron chi connectivity index (χ0n) is 18.8. The van der Waals surface area contributed by atoms with Crippen LogP contribution in [0, 0.1) is 5.21 Å². The molecule has 1 fully saturated rings. The maximum atomic E-state index is 12.8. The van der Waals surface area contributed by atoms with Crippen molar-refractivity contribution in [1.82, 2.24) is 10.4 Å². The van der Waals surface area contributed by atoms with Crippen molar-refractivity contribution in [2.75, 3.05) is 6.61 Å². The fourth-order valence-electron chi connectivity index (χ4n) is 5.63. The molecule has 1 amide bonds. The lowest BCUT2D eigenvalue weighted by Crippen LogP contribution is -2.70. The number of nitrogens with zero attached hydrogens (tertiary/aromatic N) is 1. The molecule has 0 unspecified atom stereocenters. The van der Waals surface area contributed by atoms with Crippen LogP contribution >= 0.6 is 0 Å². The van der Waals surface area contributed by atoms with Crippen LogP contribution in [0.2, 0.25) is 0 Å². The molecule has 170 valence electrons. The fourth-order valence-corrected chi connectivity index (χ4v) is 5.63. The summed E-state index contributed by atoms with van der Waals surface area (Å²) in [5.74, 6) is -1.29. The summed E-state index contributed by atoms with van der Waals surface area (Å²) in [5.41, 5.74) is 0.882. The summed E-state index contributed by atoms with van der Waals surface area (Å²) in [6.07, 6.45) is -0.834. The van der Waals surface area contributed by atoms with Gasteiger partial charge in [0.05, 0.1) is 0 Å². The SMILES string of the molecule is CC1(C)CC(NC(=O)OCC2c3ccccc3-c3ccccc32)(C(=O)O)CC(C)(C)N1[O-]. The Hall–Kier alpha value is -2.90. The molecule has 7 heteroatoms. The van der Waals surface area contributed by atoms with Crippen LogP contribution in [0.4, 0.5) is 4.79 Å². The molecule has 1 saturated heterocycles. The van der Waals surface area contributed by atoms with Crippen LogP contribution in [0.15, 0.2) is 48.5 Å². The van der Waals surface area contributed by atoms with Gasteiger partial charge in [-0.15, -0.1) is 0 Å². The van der Waals surface area contributed by atoms with Crippen LogP contribution in [0.25, 0.3) is 11.1 Å². The van der Waals surface area contributed by atoms with Crippen LogP contribution in [0.3, 0.4) is 0 Å². The zero-order chi connectivity index (χ0) is 23.3. The molecular weight excluding hydrogens is 408 g/mol. The molecule has 2 aromatic carbocycles. The number of alkyl carbamates (subject to hydrolysis) is 1. The van der Waals surface area contributed by atoms with Gasteiger partial charge in [-0.05, 0) is 62.8 Å². The molecule has 2 aliphatic rings. The number of carboxylic acids is 1. The molecule has 0 saturated carbocycles. The van der Waals surface area contributed by atoms with Crippen molar-refractivity contribution < 1.29 is 19.4 Å². The molecule has 2 aromatic rings. The molecule has 4 rings (SSSR count). The van der Waals surface area contributed by atoms with Gasteiger partial charge in [-0.2, -0.15) is 0 Å². The number of aliphatic carboxylic acids is 1. The molecule has 0 aromatic heterocycles. The topological polar surface area (TPSA) is 102 Å². The molecule has 1 aliphatic heterocycles. The number of carboxylic acid groups (broad SMARTS) is 1. The summed E-state index contributed by atoms with van der Waals surface area (Å²) in [6, 6.07) is 16.0. The zero-order valence-corrected chi connectivity index (χ0v) is 18.8. The number of nitrogens with one attached hydrogen (secondary N) is 1. The monoisotopic (exact) mass is 437 g/mol. The largest absolute Gasteiger partial charge is 0.784 e. The van der Waals surface area contributed by atoms with Gasteiger partial charge in [-0.25, -0.2) is 9.59 Å². The summed E-state index contributed by atoms with van der Waals surface area (Å²) in [7, 11) is 0. The van der Waals surface area contributed by atoms with E-state index >= 15 is 0 Å². The highest BCUT2D eigenvalue weighted by Gasteiger charge is 2.54. The summed E-state index contributed by atoms with van der Waals surface area (Å²) in [6.45, 7) is 6.86. The molecule has 1 heterocycles. The van der Waals surface area contributed by atoms with Crippen molar-refractivity contribution in [3.63, 3.8) is 0 Å². The second kappa shape index (κ2) is 7.60. The van der Waals surface area contributed by atoms with Gasteiger partial charge in [-0.3, -0.25) is 0 Å². The first-order valence-electron chi connectivity index (χ1n) is 10.8. The fraction of sp³-hybridized carbons (Fsp3) is 0.440. The maximum Gasteiger partial charge on any atom is 0.408 e. The van der Waals surface area contributed by atoms with Gasteiger partial charge in [0.15, 0.2) is 0 Å². The Bertz CT molecular complexity index is 998. The second-order valence-electron chi connectivity index (χ2n) is 10.1. The third-order valence-corrected chi connectivity index (χ3v) is 6.66. The van der Waals surface area contributed by atoms with Crippen molar-refractivity contribution in [2.45, 2.75) is 63.1 Å². The maximum absolute atomic E-state index is 12.8. The molecule has 0 radical (unpaired) electrons. The average Bonchev–Trinajstić information content (AvgIpc) is 3.04. The van der Waals surface area contributed by atoms with E-state index in [0.29, 0.717) is 0 Å². The second-order valence-corrected chi connectivity index (χ2v) is 10.1. The van der Waals surface area contributed by atoms with Gasteiger partial charge >= 0.3 is 12.1 Å². The molecular formula is C25H29N2O5-. The van der Waals surface area contributed by atoms with Gasteiger partial charge < -0.3 is 25.4 Å². The van der Waals surface area contributed by atoms with Crippen LogP contribution < -0.4 is 5.32 Å². The van der Waals surface area contributed by atoms with E-state index in [1.807, 2.05) is 36.4 Å². The molecule has 0 bridgehead atoms. The molecule has 0 atom stereocenters. The highest BCUT2D eigenvalue weighted by molar-refractivity contribution is 5.85. The lowest BCUT2D eigenvalue weighted by atomic mass is 9.70. The van der Waals surface area contributed by atoms with Crippen molar-refractivity contribution in [3.8, 4) is 11.1 Å². The average molecular weight is 438 g/mol. The lowest BCUT2D eigenvalue weighted by molar-refractivity contribution is -0.153. The number of piperidine rings is 1. The predicted octanol–water partition coefficient (Wildman–Crippen LogP) is 4.50. The van der Waals surface area contributed by atoms with Crippen LogP contribution in [0.1, 0.15) is 57.6 Å². The first-order chi connectivity index (χ1) is 15.0. The van der Waals surface area contributed by atoms with Crippen LogP contribution in [-0.2, 0) is 9.53 Å². The minimum absolute atomic E-state index is 0.0214. The quantitative estimate of drug-likeness (QED) is 0.730. The highest BCUT2D eigenvalue weighted by Crippen LogP contribution is 2.45. The van der Waals surface area contributed by atoms with Gasteiger partial charge in [0.1, 0.15) is 12.1 Å². The van der Waals surface area contributed by atoms with E-state index in [0.717, 1.165) is 27.3 Å². The summed E-state index contributed by atoms with van der Waals surface area (Å²) >= 11 is 0. The number of benzene rings is 2. The minimum Gasteiger partial charge on any atom is -0.784 e. The Morgan fingerprint density at radius 2 is 1.47 bits per heavy atom. The van der Waals surface area contributed by atoms with Gasteiger partial charge in [0.25, 0.3) is 0 Å². The standard InChI is InChI=1S/C25H29N2O5/c1-23(2)14-25(21(28)29,15-24(3,4)27(23)31)26-22(30)32-13-20-18-11-7-5-9-16(18)17-10-6-8-12-19(17)20/h5-12,20H,13-15H2,1-4H3,(H,26,30)(H,28,29)/q-1. The van der Waals surface area contributed by atoms with Crippen molar-refractivity contribution in [2.24, 2.45) is 0 Å². The molecule has 2 N–H and O–H groups in total. The third-order valence-electron chi connectivity index (χ3n) is 6.66. The Morgan fingerprint density at radius 1 is 1.00 bits per heavy atom. The van der Waals surface area contributed by atoms with Crippen molar-refractivity contribution in [3.05, 3.63) is 64.9 Å². The van der Waals surface area contributed by atoms with Gasteiger partial charge in [0.2, 0.25) is 0 Å². The molecule has 1 aliphatic carbocycles. The lowest BCUT2D eigenvalue weighted by Gasteiger charge is -2.62. The summed E-state index contributed by atoms with van der Waals surface area (Å²) in [4.78, 5) is 25.1. The van der Waals surface area contributed by atoms with E-state index in [1.165, 1.54) is 0 Å². The third kappa shape index (κ3) is 3.65. The van der Waals surface area contributed by atoms with Crippen molar-refractivity contribution >= 4 is 12.1 Å².